The van der Waals surface area contributed by atoms with E-state index in [0.29, 0.717) is 5.92 Å². The third-order valence-corrected chi connectivity index (χ3v) is 2.54. The lowest BCUT2D eigenvalue weighted by Gasteiger charge is -2.15. The maximum Gasteiger partial charge on any atom is 0.00162 e. The standard InChI is InChI=1S/C13H21N/c1-9-5-10(2)7-13(6-9)11(3)8-12(4)14/h5-7,11-12H,8,14H2,1-4H3. The second kappa shape index (κ2) is 4.61. The highest BCUT2D eigenvalue weighted by Gasteiger charge is 2.08. The lowest BCUT2D eigenvalue weighted by molar-refractivity contribution is 0.585. The van der Waals surface area contributed by atoms with E-state index in [-0.39, 0.29) is 6.04 Å². The summed E-state index contributed by atoms with van der Waals surface area (Å²) in [5.74, 6) is 0.564. The molecule has 0 aromatic heterocycles. The summed E-state index contributed by atoms with van der Waals surface area (Å²) in [7, 11) is 0. The number of rotatable bonds is 3. The number of aryl methyl sites for hydroxylation is 2. The summed E-state index contributed by atoms with van der Waals surface area (Å²) in [4.78, 5) is 0. The second-order valence-corrected chi connectivity index (χ2v) is 4.54. The monoisotopic (exact) mass is 191 g/mol. The van der Waals surface area contributed by atoms with Gasteiger partial charge in [-0.25, -0.2) is 0 Å². The van der Waals surface area contributed by atoms with Crippen LogP contribution < -0.4 is 5.73 Å². The average molecular weight is 191 g/mol. The van der Waals surface area contributed by atoms with Crippen LogP contribution in [0.4, 0.5) is 0 Å². The van der Waals surface area contributed by atoms with Crippen LogP contribution in [-0.4, -0.2) is 6.04 Å². The fraction of sp³-hybridized carbons (Fsp3) is 0.538. The normalized spacial score (nSPS) is 15.2. The molecule has 0 radical (unpaired) electrons. The largest absolute Gasteiger partial charge is 0.328 e. The smallest absolute Gasteiger partial charge is 0.00162 e. The molecule has 0 aliphatic rings. The number of hydrogen-bond acceptors (Lipinski definition) is 1. The zero-order valence-corrected chi connectivity index (χ0v) is 9.67. The maximum absolute atomic E-state index is 5.81. The van der Waals surface area contributed by atoms with Crippen molar-refractivity contribution in [3.8, 4) is 0 Å². The molecule has 0 heterocycles. The number of benzene rings is 1. The Morgan fingerprint density at radius 3 is 2.00 bits per heavy atom. The average Bonchev–Trinajstić information content (AvgIpc) is 2.00. The van der Waals surface area contributed by atoms with Crippen molar-refractivity contribution in [2.75, 3.05) is 0 Å². The van der Waals surface area contributed by atoms with Crippen molar-refractivity contribution in [1.29, 1.82) is 0 Å². The molecule has 0 aliphatic carbocycles. The minimum Gasteiger partial charge on any atom is -0.328 e. The zero-order chi connectivity index (χ0) is 10.7. The van der Waals surface area contributed by atoms with Crippen molar-refractivity contribution in [3.05, 3.63) is 34.9 Å². The van der Waals surface area contributed by atoms with Crippen molar-refractivity contribution < 1.29 is 0 Å². The van der Waals surface area contributed by atoms with Gasteiger partial charge in [-0.15, -0.1) is 0 Å². The molecule has 2 N–H and O–H groups in total. The van der Waals surface area contributed by atoms with E-state index in [1.165, 1.54) is 16.7 Å². The summed E-state index contributed by atoms with van der Waals surface area (Å²) in [6.45, 7) is 8.61. The molecule has 0 aliphatic heterocycles. The molecule has 1 nitrogen and oxygen atoms in total. The topological polar surface area (TPSA) is 26.0 Å². The number of nitrogens with two attached hydrogens (primary N) is 1. The van der Waals surface area contributed by atoms with Crippen molar-refractivity contribution in [1.82, 2.24) is 0 Å². The Hall–Kier alpha value is -0.820. The van der Waals surface area contributed by atoms with Gasteiger partial charge in [0.05, 0.1) is 0 Å². The van der Waals surface area contributed by atoms with Gasteiger partial charge >= 0.3 is 0 Å². The van der Waals surface area contributed by atoms with Crippen LogP contribution in [0.5, 0.6) is 0 Å². The molecule has 0 amide bonds. The number of hydrogen-bond donors (Lipinski definition) is 1. The van der Waals surface area contributed by atoms with E-state index in [0.717, 1.165) is 6.42 Å². The fourth-order valence-electron chi connectivity index (χ4n) is 1.99. The van der Waals surface area contributed by atoms with Gasteiger partial charge in [-0.1, -0.05) is 36.2 Å². The minimum absolute atomic E-state index is 0.283. The third-order valence-electron chi connectivity index (χ3n) is 2.54. The summed E-state index contributed by atoms with van der Waals surface area (Å²) in [5, 5.41) is 0. The molecule has 14 heavy (non-hydrogen) atoms. The summed E-state index contributed by atoms with van der Waals surface area (Å²) in [6, 6.07) is 7.02. The minimum atomic E-state index is 0.283. The van der Waals surface area contributed by atoms with E-state index in [2.05, 4.69) is 45.9 Å². The van der Waals surface area contributed by atoms with Gasteiger partial charge in [0.1, 0.15) is 0 Å². The van der Waals surface area contributed by atoms with Crippen molar-refractivity contribution >= 4 is 0 Å². The molecule has 2 atom stereocenters. The van der Waals surface area contributed by atoms with Crippen LogP contribution in [0, 0.1) is 13.8 Å². The summed E-state index contributed by atoms with van der Waals surface area (Å²) >= 11 is 0. The predicted molar refractivity (Wildman–Crippen MR) is 62.6 cm³/mol. The Morgan fingerprint density at radius 1 is 1.07 bits per heavy atom. The van der Waals surface area contributed by atoms with Crippen LogP contribution in [0.1, 0.15) is 42.9 Å². The molecular weight excluding hydrogens is 170 g/mol. The van der Waals surface area contributed by atoms with Crippen molar-refractivity contribution in [2.24, 2.45) is 5.73 Å². The maximum atomic E-state index is 5.81. The van der Waals surface area contributed by atoms with Gasteiger partial charge in [0, 0.05) is 6.04 Å². The van der Waals surface area contributed by atoms with Gasteiger partial charge in [0.15, 0.2) is 0 Å². The first kappa shape index (κ1) is 11.3. The molecule has 2 unspecified atom stereocenters. The molecule has 1 rings (SSSR count). The molecule has 78 valence electrons. The quantitative estimate of drug-likeness (QED) is 0.780. The van der Waals surface area contributed by atoms with Crippen LogP contribution in [0.3, 0.4) is 0 Å². The van der Waals surface area contributed by atoms with Crippen LogP contribution >= 0.6 is 0 Å². The summed E-state index contributed by atoms with van der Waals surface area (Å²) in [5.41, 5.74) is 9.91. The van der Waals surface area contributed by atoms with E-state index in [4.69, 9.17) is 5.73 Å². The Bertz CT molecular complexity index is 282. The molecule has 1 heteroatoms. The van der Waals surface area contributed by atoms with Crippen LogP contribution in [-0.2, 0) is 0 Å². The second-order valence-electron chi connectivity index (χ2n) is 4.54. The van der Waals surface area contributed by atoms with Crippen LogP contribution in [0.25, 0.3) is 0 Å². The predicted octanol–water partition coefficient (Wildman–Crippen LogP) is 3.14. The zero-order valence-electron chi connectivity index (χ0n) is 9.67. The highest BCUT2D eigenvalue weighted by molar-refractivity contribution is 5.30. The molecule has 1 aromatic rings. The molecule has 0 saturated heterocycles. The molecule has 0 spiro atoms. The molecule has 1 aromatic carbocycles. The van der Waals surface area contributed by atoms with E-state index in [1.54, 1.807) is 0 Å². The Morgan fingerprint density at radius 2 is 1.57 bits per heavy atom. The van der Waals surface area contributed by atoms with E-state index in [9.17, 15) is 0 Å². The highest BCUT2D eigenvalue weighted by atomic mass is 14.6. The van der Waals surface area contributed by atoms with Crippen molar-refractivity contribution in [3.63, 3.8) is 0 Å². The third kappa shape index (κ3) is 3.15. The van der Waals surface area contributed by atoms with Crippen LogP contribution in [0.15, 0.2) is 18.2 Å². The fourth-order valence-corrected chi connectivity index (χ4v) is 1.99. The Kier molecular flexibility index (Phi) is 3.70. The summed E-state index contributed by atoms with van der Waals surface area (Å²) < 4.78 is 0. The first-order valence-electron chi connectivity index (χ1n) is 5.33. The summed E-state index contributed by atoms with van der Waals surface area (Å²) in [6.07, 6.45) is 1.06. The Labute approximate surface area is 87.3 Å². The van der Waals surface area contributed by atoms with Gasteiger partial charge in [-0.2, -0.15) is 0 Å². The SMILES string of the molecule is Cc1cc(C)cc(C(C)CC(C)N)c1. The van der Waals surface area contributed by atoms with E-state index in [1.807, 2.05) is 0 Å². The van der Waals surface area contributed by atoms with Gasteiger partial charge in [0.25, 0.3) is 0 Å². The lowest BCUT2D eigenvalue weighted by Crippen LogP contribution is -2.17. The molecule has 0 saturated carbocycles. The van der Waals surface area contributed by atoms with Gasteiger partial charge < -0.3 is 5.73 Å². The van der Waals surface area contributed by atoms with E-state index < -0.39 is 0 Å². The Balaban J connectivity index is 2.84. The molecule has 0 fully saturated rings. The lowest BCUT2D eigenvalue weighted by atomic mass is 9.92. The van der Waals surface area contributed by atoms with Gasteiger partial charge in [-0.05, 0) is 38.7 Å². The van der Waals surface area contributed by atoms with Gasteiger partial charge in [-0.3, -0.25) is 0 Å². The molecular formula is C13H21N. The van der Waals surface area contributed by atoms with Crippen molar-refractivity contribution in [2.45, 2.75) is 46.1 Å². The molecule has 0 bridgehead atoms. The highest BCUT2D eigenvalue weighted by Crippen LogP contribution is 2.22. The van der Waals surface area contributed by atoms with E-state index >= 15 is 0 Å². The van der Waals surface area contributed by atoms with Gasteiger partial charge in [0.2, 0.25) is 0 Å². The van der Waals surface area contributed by atoms with Crippen LogP contribution in [0.2, 0.25) is 0 Å². The first-order valence-corrected chi connectivity index (χ1v) is 5.33. The first-order chi connectivity index (χ1) is 6.49.